The van der Waals surface area contributed by atoms with E-state index in [2.05, 4.69) is 20.6 Å². The lowest BCUT2D eigenvalue weighted by Gasteiger charge is -2.28. The molecule has 4 N–H and O–H groups in total. The van der Waals surface area contributed by atoms with E-state index in [0.717, 1.165) is 63.7 Å². The number of nitrogens with zero attached hydrogens (tertiary/aromatic N) is 6. The molecule has 0 saturated carbocycles. The summed E-state index contributed by atoms with van der Waals surface area (Å²) in [5, 5.41) is 5.42. The summed E-state index contributed by atoms with van der Waals surface area (Å²) in [6.07, 6.45) is 9.33. The topological polar surface area (TPSA) is 192 Å². The number of aromatic nitrogens is 6. The van der Waals surface area contributed by atoms with Gasteiger partial charge in [-0.25, -0.2) is 24.5 Å². The summed E-state index contributed by atoms with van der Waals surface area (Å²) < 4.78 is 11.7. The van der Waals surface area contributed by atoms with Crippen molar-refractivity contribution in [3.63, 3.8) is 0 Å². The van der Waals surface area contributed by atoms with Crippen LogP contribution in [0.3, 0.4) is 0 Å². The largest absolute Gasteiger partial charge is 0.453 e. The summed E-state index contributed by atoms with van der Waals surface area (Å²) in [7, 11) is 2.55. The van der Waals surface area contributed by atoms with Crippen molar-refractivity contribution in [2.75, 3.05) is 27.3 Å². The summed E-state index contributed by atoms with van der Waals surface area (Å²) in [5.41, 5.74) is 5.71. The monoisotopic (exact) mass is 852 g/mol. The third kappa shape index (κ3) is 8.01. The lowest BCUT2D eigenvalue weighted by Crippen LogP contribution is -2.42. The van der Waals surface area contributed by atoms with Crippen LogP contribution in [0.15, 0.2) is 110 Å². The number of fused-ring (bicyclic) bond motifs is 1. The quantitative estimate of drug-likeness (QED) is 0.103. The van der Waals surface area contributed by atoms with Crippen LogP contribution in [0.5, 0.6) is 0 Å². The molecule has 0 spiro atoms. The molecule has 0 aliphatic carbocycles. The molecule has 3 aromatic carbocycles. The Balaban J connectivity index is 0.869. The van der Waals surface area contributed by atoms with E-state index in [-0.39, 0.29) is 23.9 Å². The fourth-order valence-electron chi connectivity index (χ4n) is 8.34. The number of carbonyl (C=O) groups excluding carboxylic acids is 4. The fraction of sp³-hybridized carbons (Fsp3) is 0.267. The second kappa shape index (κ2) is 17.4. The van der Waals surface area contributed by atoms with Crippen molar-refractivity contribution < 1.29 is 28.7 Å². The Morgan fingerprint density at radius 1 is 0.677 bits per heavy atom. The van der Waals surface area contributed by atoms with Gasteiger partial charge in [-0.2, -0.15) is 0 Å². The predicted molar refractivity (Wildman–Crippen MR) is 230 cm³/mol. The molecule has 2 saturated heterocycles. The minimum atomic E-state index is -0.891. The molecular weight excluding hydrogens is 809 g/mol. The highest BCUT2D eigenvalue weighted by molar-refractivity contribution is 7.20. The number of aromatic amines is 2. The van der Waals surface area contributed by atoms with Crippen LogP contribution in [0, 0.1) is 0 Å². The van der Waals surface area contributed by atoms with Gasteiger partial charge in [-0.3, -0.25) is 14.0 Å². The van der Waals surface area contributed by atoms with E-state index in [1.54, 1.807) is 22.2 Å². The number of hydrogen-bond donors (Lipinski definition) is 4. The van der Waals surface area contributed by atoms with Gasteiger partial charge in [0.25, 0.3) is 11.8 Å². The Morgan fingerprint density at radius 3 is 1.69 bits per heavy atom. The molecule has 2 fully saturated rings. The van der Waals surface area contributed by atoms with Gasteiger partial charge in [-0.05, 0) is 42.4 Å². The zero-order chi connectivity index (χ0) is 42.7. The van der Waals surface area contributed by atoms with Crippen LogP contribution >= 0.6 is 11.3 Å². The van der Waals surface area contributed by atoms with E-state index in [1.807, 2.05) is 102 Å². The van der Waals surface area contributed by atoms with Crippen LogP contribution in [0.25, 0.3) is 38.0 Å². The first-order chi connectivity index (χ1) is 30.3. The number of hydrogen-bond acceptors (Lipinski definition) is 10. The molecule has 2 aliphatic heterocycles. The van der Waals surface area contributed by atoms with E-state index < -0.39 is 24.3 Å². The molecule has 6 heterocycles. The molecule has 16 nitrogen and oxygen atoms in total. The highest BCUT2D eigenvalue weighted by atomic mass is 32.1. The van der Waals surface area contributed by atoms with Gasteiger partial charge >= 0.3 is 12.2 Å². The van der Waals surface area contributed by atoms with Crippen LogP contribution in [0.1, 0.15) is 72.6 Å². The van der Waals surface area contributed by atoms with Crippen molar-refractivity contribution in [1.82, 2.24) is 49.8 Å². The third-order valence-electron chi connectivity index (χ3n) is 11.5. The number of benzene rings is 3. The van der Waals surface area contributed by atoms with E-state index in [9.17, 15) is 19.2 Å². The van der Waals surface area contributed by atoms with Crippen molar-refractivity contribution in [3.8, 4) is 33.1 Å². The Morgan fingerprint density at radius 2 is 1.18 bits per heavy atom. The standard InChI is InChI=1S/C45H44N10O6S/c1-60-44(58)51-37(29-11-5-3-6-12-29)41(56)54-21-9-15-34(54)39-46-23-31(48-39)27-17-19-28(20-18-27)33-25-53-26-36(62-43(53)50-33)32-24-47-40(49-32)35-16-10-22-55(35)42(57)38(52-45(59)61-2)30-13-7-4-8-14-30/h3-8,11-14,17-20,23-26,34-35,37-38H,9-10,15-16,21-22H2,1-2H3,(H,46,48)(H,47,49)(H,51,58)(H,52,59)/t34-,35?,37+,38?/m0/s1. The van der Waals surface area contributed by atoms with Gasteiger partial charge in [-0.1, -0.05) is 96.3 Å². The normalized spacial score (nSPS) is 17.2. The second-order valence-electron chi connectivity index (χ2n) is 15.2. The number of ether oxygens (including phenoxy) is 2. The molecule has 4 aromatic heterocycles. The van der Waals surface area contributed by atoms with Crippen molar-refractivity contribution in [3.05, 3.63) is 132 Å². The number of thiazole rings is 1. The average molecular weight is 853 g/mol. The fourth-order valence-corrected chi connectivity index (χ4v) is 9.28. The van der Waals surface area contributed by atoms with Crippen molar-refractivity contribution in [1.29, 1.82) is 0 Å². The van der Waals surface area contributed by atoms with Gasteiger partial charge in [0.1, 0.15) is 23.7 Å². The van der Waals surface area contributed by atoms with Crippen LogP contribution in [-0.4, -0.2) is 90.4 Å². The lowest BCUT2D eigenvalue weighted by atomic mass is 10.1. The first-order valence-electron chi connectivity index (χ1n) is 20.4. The maximum atomic E-state index is 13.9. The molecule has 0 bridgehead atoms. The molecular formula is C45H44N10O6S. The molecule has 7 aromatic rings. The summed E-state index contributed by atoms with van der Waals surface area (Å²) in [6.45, 7) is 1.09. The Hall–Kier alpha value is -7.27. The Labute approximate surface area is 360 Å². The van der Waals surface area contributed by atoms with Crippen molar-refractivity contribution >= 4 is 40.3 Å². The van der Waals surface area contributed by atoms with E-state index in [4.69, 9.17) is 24.4 Å². The third-order valence-corrected chi connectivity index (χ3v) is 12.5. The highest BCUT2D eigenvalue weighted by Gasteiger charge is 2.38. The molecule has 4 atom stereocenters. The van der Waals surface area contributed by atoms with Gasteiger partial charge in [0, 0.05) is 31.0 Å². The molecule has 2 aliphatic rings. The van der Waals surface area contributed by atoms with Crippen molar-refractivity contribution in [2.45, 2.75) is 49.9 Å². The van der Waals surface area contributed by atoms with E-state index >= 15 is 0 Å². The predicted octanol–water partition coefficient (Wildman–Crippen LogP) is 7.36. The van der Waals surface area contributed by atoms with Gasteiger partial charge in [0.05, 0.1) is 60.7 Å². The molecule has 17 heteroatoms. The number of amides is 4. The summed E-state index contributed by atoms with van der Waals surface area (Å²) in [5.74, 6) is 0.931. The van der Waals surface area contributed by atoms with Gasteiger partial charge in [0.15, 0.2) is 4.96 Å². The van der Waals surface area contributed by atoms with Gasteiger partial charge < -0.3 is 39.9 Å². The number of alkyl carbamates (subject to hydrolysis) is 2. The minimum absolute atomic E-state index is 0.221. The average Bonchev–Trinajstić information content (AvgIpc) is 4.17. The summed E-state index contributed by atoms with van der Waals surface area (Å²) >= 11 is 1.53. The molecule has 9 rings (SSSR count). The van der Waals surface area contributed by atoms with Gasteiger partial charge in [0.2, 0.25) is 0 Å². The zero-order valence-electron chi connectivity index (χ0n) is 34.0. The summed E-state index contributed by atoms with van der Waals surface area (Å²) in [4.78, 5) is 78.9. The number of rotatable bonds is 11. The van der Waals surface area contributed by atoms with Crippen LogP contribution in [0.4, 0.5) is 9.59 Å². The number of nitrogens with one attached hydrogen (secondary N) is 4. The number of H-pyrrole nitrogens is 2. The Bertz CT molecular complexity index is 2680. The minimum Gasteiger partial charge on any atom is -0.453 e. The maximum absolute atomic E-state index is 13.9. The second-order valence-corrected chi connectivity index (χ2v) is 16.2. The number of likely N-dealkylation sites (tertiary alicyclic amines) is 2. The molecule has 62 heavy (non-hydrogen) atoms. The van der Waals surface area contributed by atoms with Crippen LogP contribution < -0.4 is 10.6 Å². The SMILES string of the molecule is COC(=O)NC(C(=O)N1CCCC1c1ncc(-c2cn3cc(-c4ccc(-c5cnc([C@@H]6CCCN6C(=O)[C@H](NC(=O)OC)c6ccccc6)[nH]5)cc4)nc3s2)[nH]1)c1ccccc1. The maximum Gasteiger partial charge on any atom is 0.407 e. The van der Waals surface area contributed by atoms with Crippen LogP contribution in [-0.2, 0) is 19.1 Å². The number of carbonyl (C=O) groups is 4. The van der Waals surface area contributed by atoms with Gasteiger partial charge in [-0.15, -0.1) is 0 Å². The molecule has 4 amide bonds. The molecule has 0 radical (unpaired) electrons. The first-order valence-corrected chi connectivity index (χ1v) is 21.2. The number of imidazole rings is 3. The first kappa shape index (κ1) is 40.2. The zero-order valence-corrected chi connectivity index (χ0v) is 34.8. The smallest absolute Gasteiger partial charge is 0.407 e. The molecule has 2 unspecified atom stereocenters. The van der Waals surface area contributed by atoms with Crippen molar-refractivity contribution in [2.24, 2.45) is 0 Å². The van der Waals surface area contributed by atoms with Crippen LogP contribution in [0.2, 0.25) is 0 Å². The Kier molecular flexibility index (Phi) is 11.3. The van der Waals surface area contributed by atoms with E-state index in [0.29, 0.717) is 35.9 Å². The summed E-state index contributed by atoms with van der Waals surface area (Å²) in [6, 6.07) is 24.1. The lowest BCUT2D eigenvalue weighted by molar-refractivity contribution is -0.135. The van der Waals surface area contributed by atoms with E-state index in [1.165, 1.54) is 25.6 Å². The molecule has 316 valence electrons. The highest BCUT2D eigenvalue weighted by Crippen LogP contribution is 2.37. The number of methoxy groups -OCH3 is 2.